The number of hydrogen-bond donors (Lipinski definition) is 0. The van der Waals surface area contributed by atoms with Gasteiger partial charge in [0, 0.05) is 17.9 Å². The van der Waals surface area contributed by atoms with Crippen molar-refractivity contribution in [1.29, 1.82) is 0 Å². The maximum absolute atomic E-state index is 12.2. The Morgan fingerprint density at radius 1 is 1.21 bits per heavy atom. The summed E-state index contributed by atoms with van der Waals surface area (Å²) in [7, 11) is 1.55. The summed E-state index contributed by atoms with van der Waals surface area (Å²) >= 11 is 6.16. The van der Waals surface area contributed by atoms with E-state index in [1.54, 1.807) is 25.3 Å². The van der Waals surface area contributed by atoms with Crippen LogP contribution < -0.4 is 4.74 Å². The number of benzene rings is 1. The molecule has 1 saturated carbocycles. The van der Waals surface area contributed by atoms with Gasteiger partial charge in [-0.25, -0.2) is 0 Å². The normalized spacial score (nSPS) is 19.6. The number of rotatable bonds is 2. The van der Waals surface area contributed by atoms with Gasteiger partial charge in [-0.3, -0.25) is 9.59 Å². The number of carbonyl (C=O) groups is 2. The second kappa shape index (κ2) is 4.97. The van der Waals surface area contributed by atoms with Crippen molar-refractivity contribution in [3.63, 3.8) is 0 Å². The summed E-state index contributed by atoms with van der Waals surface area (Å²) in [5.41, 5.74) is 0.344. The Bertz CT molecular complexity index is 514. The molecule has 0 spiro atoms. The summed E-state index contributed by atoms with van der Waals surface area (Å²) in [5, 5.41) is 0.408. The van der Waals surface area contributed by atoms with Crippen LogP contribution >= 0.6 is 11.6 Å². The van der Waals surface area contributed by atoms with Gasteiger partial charge in [0.25, 0.3) is 0 Å². The second-order valence-electron chi connectivity index (χ2n) is 5.77. The number of methoxy groups -OCH3 is 1. The Morgan fingerprint density at radius 3 is 2.26 bits per heavy atom. The maximum atomic E-state index is 12.2. The van der Waals surface area contributed by atoms with E-state index >= 15 is 0 Å². The van der Waals surface area contributed by atoms with Crippen molar-refractivity contribution in [2.75, 3.05) is 7.11 Å². The van der Waals surface area contributed by atoms with Crippen LogP contribution in [0.3, 0.4) is 0 Å². The molecule has 1 aliphatic rings. The molecular weight excluding hydrogens is 264 g/mol. The highest BCUT2D eigenvalue weighted by Crippen LogP contribution is 2.40. The number of hydrogen-bond acceptors (Lipinski definition) is 3. The summed E-state index contributed by atoms with van der Waals surface area (Å²) < 4.78 is 5.07. The van der Waals surface area contributed by atoms with Crippen LogP contribution in [0.4, 0.5) is 0 Å². The molecule has 1 aromatic carbocycles. The Hall–Kier alpha value is -1.35. The van der Waals surface area contributed by atoms with Crippen LogP contribution in [0, 0.1) is 5.41 Å². The molecule has 2 rings (SSSR count). The van der Waals surface area contributed by atoms with Crippen LogP contribution in [-0.2, 0) is 9.59 Å². The Kier molecular flexibility index (Phi) is 3.68. The molecular formula is C15H17ClO3. The van der Waals surface area contributed by atoms with Gasteiger partial charge < -0.3 is 4.74 Å². The van der Waals surface area contributed by atoms with E-state index in [9.17, 15) is 9.59 Å². The van der Waals surface area contributed by atoms with Crippen LogP contribution in [0.1, 0.15) is 38.2 Å². The van der Waals surface area contributed by atoms with E-state index in [0.29, 0.717) is 29.2 Å². The van der Waals surface area contributed by atoms with Crippen molar-refractivity contribution < 1.29 is 14.3 Å². The third-order valence-electron chi connectivity index (χ3n) is 3.47. The molecule has 102 valence electrons. The van der Waals surface area contributed by atoms with Crippen molar-refractivity contribution in [3.05, 3.63) is 28.8 Å². The lowest BCUT2D eigenvalue weighted by molar-refractivity contribution is -0.135. The zero-order chi connectivity index (χ0) is 14.2. The van der Waals surface area contributed by atoms with Gasteiger partial charge in [-0.15, -0.1) is 0 Å². The molecule has 0 radical (unpaired) electrons. The van der Waals surface area contributed by atoms with E-state index in [2.05, 4.69) is 0 Å². The Balaban J connectivity index is 2.37. The highest BCUT2D eigenvalue weighted by atomic mass is 35.5. The standard InChI is InChI=1S/C15H17ClO3/c1-15(2)7-12(17)14(13(18)8-15)10-5-4-9(19-3)6-11(10)16/h4-6,14H,7-8H2,1-3H3. The fourth-order valence-corrected chi connectivity index (χ4v) is 2.88. The van der Waals surface area contributed by atoms with Crippen molar-refractivity contribution >= 4 is 23.2 Å². The molecule has 0 bridgehead atoms. The zero-order valence-corrected chi connectivity index (χ0v) is 12.1. The molecule has 3 nitrogen and oxygen atoms in total. The number of halogens is 1. The third-order valence-corrected chi connectivity index (χ3v) is 3.80. The zero-order valence-electron chi connectivity index (χ0n) is 11.3. The topological polar surface area (TPSA) is 43.4 Å². The molecule has 0 aromatic heterocycles. The smallest absolute Gasteiger partial charge is 0.148 e. The van der Waals surface area contributed by atoms with Crippen LogP contribution in [0.5, 0.6) is 5.75 Å². The molecule has 1 fully saturated rings. The van der Waals surface area contributed by atoms with E-state index in [1.165, 1.54) is 0 Å². The maximum Gasteiger partial charge on any atom is 0.148 e. The van der Waals surface area contributed by atoms with E-state index in [-0.39, 0.29) is 17.0 Å². The van der Waals surface area contributed by atoms with E-state index in [0.717, 1.165) is 0 Å². The average molecular weight is 281 g/mol. The number of Topliss-reactive ketones (excluding diaryl/α,β-unsaturated/α-hetero) is 2. The lowest BCUT2D eigenvalue weighted by atomic mass is 9.70. The fourth-order valence-electron chi connectivity index (χ4n) is 2.61. The minimum atomic E-state index is -0.716. The van der Waals surface area contributed by atoms with Gasteiger partial charge in [-0.1, -0.05) is 31.5 Å². The first-order valence-electron chi connectivity index (χ1n) is 6.23. The van der Waals surface area contributed by atoms with Gasteiger partial charge in [0.1, 0.15) is 23.2 Å². The Morgan fingerprint density at radius 2 is 1.79 bits per heavy atom. The monoisotopic (exact) mass is 280 g/mol. The van der Waals surface area contributed by atoms with Crippen LogP contribution in [0.2, 0.25) is 5.02 Å². The molecule has 0 aliphatic heterocycles. The van der Waals surface area contributed by atoms with Gasteiger partial charge >= 0.3 is 0 Å². The molecule has 1 aromatic rings. The molecule has 4 heteroatoms. The number of carbonyl (C=O) groups excluding carboxylic acids is 2. The minimum Gasteiger partial charge on any atom is -0.497 e. The first-order chi connectivity index (χ1) is 8.84. The second-order valence-corrected chi connectivity index (χ2v) is 6.18. The van der Waals surface area contributed by atoms with Gasteiger partial charge in [0.2, 0.25) is 0 Å². The summed E-state index contributed by atoms with van der Waals surface area (Å²) in [6.07, 6.45) is 0.817. The molecule has 19 heavy (non-hydrogen) atoms. The minimum absolute atomic E-state index is 0.0479. The first kappa shape index (κ1) is 14.1. The van der Waals surface area contributed by atoms with Crippen molar-refractivity contribution in [2.45, 2.75) is 32.6 Å². The predicted molar refractivity (Wildman–Crippen MR) is 73.8 cm³/mol. The van der Waals surface area contributed by atoms with Crippen LogP contribution in [-0.4, -0.2) is 18.7 Å². The molecule has 0 atom stereocenters. The first-order valence-corrected chi connectivity index (χ1v) is 6.61. The van der Waals surface area contributed by atoms with E-state index in [4.69, 9.17) is 16.3 Å². The fraction of sp³-hybridized carbons (Fsp3) is 0.467. The van der Waals surface area contributed by atoms with Crippen molar-refractivity contribution in [1.82, 2.24) is 0 Å². The molecule has 0 N–H and O–H groups in total. The lowest BCUT2D eigenvalue weighted by Crippen LogP contribution is -2.36. The number of ether oxygens (including phenoxy) is 1. The molecule has 0 saturated heterocycles. The third kappa shape index (κ3) is 2.81. The van der Waals surface area contributed by atoms with E-state index < -0.39 is 5.92 Å². The van der Waals surface area contributed by atoms with Gasteiger partial charge in [0.05, 0.1) is 7.11 Å². The summed E-state index contributed by atoms with van der Waals surface area (Å²) in [6.45, 7) is 3.88. The Labute approximate surface area is 117 Å². The highest BCUT2D eigenvalue weighted by Gasteiger charge is 2.41. The van der Waals surface area contributed by atoms with Crippen LogP contribution in [0.15, 0.2) is 18.2 Å². The largest absolute Gasteiger partial charge is 0.497 e. The molecule has 1 aliphatic carbocycles. The molecule has 0 unspecified atom stereocenters. The SMILES string of the molecule is COc1ccc(C2C(=O)CC(C)(C)CC2=O)c(Cl)c1. The molecule has 0 heterocycles. The van der Waals surface area contributed by atoms with Gasteiger partial charge in [-0.2, -0.15) is 0 Å². The van der Waals surface area contributed by atoms with Crippen LogP contribution in [0.25, 0.3) is 0 Å². The quantitative estimate of drug-likeness (QED) is 0.780. The molecule has 0 amide bonds. The average Bonchev–Trinajstić information content (AvgIpc) is 2.28. The van der Waals surface area contributed by atoms with Crippen molar-refractivity contribution in [2.24, 2.45) is 5.41 Å². The lowest BCUT2D eigenvalue weighted by Gasteiger charge is -2.32. The van der Waals surface area contributed by atoms with Gasteiger partial charge in [-0.05, 0) is 23.1 Å². The number of ketones is 2. The van der Waals surface area contributed by atoms with Gasteiger partial charge in [0.15, 0.2) is 0 Å². The van der Waals surface area contributed by atoms with E-state index in [1.807, 2.05) is 13.8 Å². The predicted octanol–water partition coefficient (Wildman–Crippen LogP) is 3.39. The highest BCUT2D eigenvalue weighted by molar-refractivity contribution is 6.32. The summed E-state index contributed by atoms with van der Waals surface area (Å²) in [5.74, 6) is -0.196. The summed E-state index contributed by atoms with van der Waals surface area (Å²) in [6, 6.07) is 5.07. The summed E-state index contributed by atoms with van der Waals surface area (Å²) in [4.78, 5) is 24.4. The van der Waals surface area contributed by atoms with Crippen molar-refractivity contribution in [3.8, 4) is 5.75 Å².